The van der Waals surface area contributed by atoms with Crippen molar-refractivity contribution >= 4 is 11.9 Å². The number of carbonyl (C=O) groups excluding carboxylic acids is 2. The van der Waals surface area contributed by atoms with Gasteiger partial charge in [-0.3, -0.25) is 14.5 Å². The van der Waals surface area contributed by atoms with Gasteiger partial charge in [-0.05, 0) is 12.8 Å². The van der Waals surface area contributed by atoms with Gasteiger partial charge >= 0.3 is 17.8 Å². The molecule has 0 fully saturated rings. The smallest absolute Gasteiger partial charge is 0.374 e. The van der Waals surface area contributed by atoms with Crippen molar-refractivity contribution in [3.8, 4) is 0 Å². The highest BCUT2D eigenvalue weighted by molar-refractivity contribution is 5.71. The van der Waals surface area contributed by atoms with E-state index in [0.29, 0.717) is 12.8 Å². The maximum Gasteiger partial charge on any atom is 0.403 e. The summed E-state index contributed by atoms with van der Waals surface area (Å²) in [5.41, 5.74) is 0. The zero-order valence-electron chi connectivity index (χ0n) is 31.3. The van der Waals surface area contributed by atoms with E-state index < -0.39 is 5.91 Å². The molecule has 1 N–H and O–H groups in total. The third-order valence-corrected chi connectivity index (χ3v) is 9.49. The molecule has 0 spiro atoms. The highest BCUT2D eigenvalue weighted by Gasteiger charge is 2.40. The highest BCUT2D eigenvalue weighted by atomic mass is 16.8. The minimum absolute atomic E-state index is 0.270. The summed E-state index contributed by atoms with van der Waals surface area (Å²) in [5, 5.41) is 0. The zero-order valence-corrected chi connectivity index (χ0v) is 31.3. The summed E-state index contributed by atoms with van der Waals surface area (Å²) < 4.78 is 11.4. The number of ether oxygens (including phenoxy) is 2. The van der Waals surface area contributed by atoms with E-state index in [1.807, 2.05) is 14.1 Å². The molecule has 0 aliphatic heterocycles. The van der Waals surface area contributed by atoms with Gasteiger partial charge in [0.05, 0.1) is 21.0 Å². The normalized spacial score (nSPS) is 11.8. The van der Waals surface area contributed by atoms with Crippen LogP contribution >= 0.6 is 0 Å². The summed E-state index contributed by atoms with van der Waals surface area (Å²) in [6, 6.07) is 0. The van der Waals surface area contributed by atoms with E-state index in [1.54, 1.807) is 6.92 Å². The molecular formula is C40H80NO4+. The molecule has 0 unspecified atom stereocenters. The molecule has 0 aromatic carbocycles. The van der Waals surface area contributed by atoms with Gasteiger partial charge in [-0.1, -0.05) is 194 Å². The molecule has 0 amide bonds. The van der Waals surface area contributed by atoms with Crippen molar-refractivity contribution in [3.05, 3.63) is 0 Å². The Labute approximate surface area is 281 Å². The summed E-state index contributed by atoms with van der Waals surface area (Å²) in [6.07, 6.45) is 39.8. The number of quaternary nitrogens is 1. The second-order valence-corrected chi connectivity index (χ2v) is 14.3. The summed E-state index contributed by atoms with van der Waals surface area (Å²) >= 11 is 0. The molecule has 0 saturated carbocycles. The molecule has 0 saturated heterocycles. The molecule has 45 heavy (non-hydrogen) atoms. The number of nitrogens with one attached hydrogen (secondary N) is 1. The largest absolute Gasteiger partial charge is 0.403 e. The molecule has 0 aliphatic rings. The standard InChI is InChI=1S/C40H79NO4/c1-6-8-10-12-14-16-18-20-22-24-26-28-30-32-34-36-38(42)44-40(3,41(4)5)45-39(43)37-35-33-31-29-27-25-23-21-19-17-15-13-11-9-7-2/h6-37H2,1-5H3/p+1. The Hall–Kier alpha value is -1.10. The zero-order chi connectivity index (χ0) is 33.3. The van der Waals surface area contributed by atoms with Crippen LogP contribution in [0.25, 0.3) is 0 Å². The van der Waals surface area contributed by atoms with Gasteiger partial charge in [0.15, 0.2) is 0 Å². The van der Waals surface area contributed by atoms with E-state index in [2.05, 4.69) is 13.8 Å². The fraction of sp³-hybridized carbons (Fsp3) is 0.950. The second kappa shape index (κ2) is 32.8. The van der Waals surface area contributed by atoms with E-state index in [9.17, 15) is 9.59 Å². The van der Waals surface area contributed by atoms with Crippen LogP contribution in [0.5, 0.6) is 0 Å². The maximum atomic E-state index is 12.6. The van der Waals surface area contributed by atoms with Gasteiger partial charge in [0, 0.05) is 12.8 Å². The average Bonchev–Trinajstić information content (AvgIpc) is 3.00. The number of unbranched alkanes of at least 4 members (excludes halogenated alkanes) is 28. The molecule has 268 valence electrons. The van der Waals surface area contributed by atoms with Crippen molar-refractivity contribution in [2.75, 3.05) is 14.1 Å². The minimum atomic E-state index is -1.26. The summed E-state index contributed by atoms with van der Waals surface area (Å²) in [7, 11) is 3.73. The summed E-state index contributed by atoms with van der Waals surface area (Å²) in [5.74, 6) is -1.81. The lowest BCUT2D eigenvalue weighted by Crippen LogP contribution is -3.15. The lowest BCUT2D eigenvalue weighted by atomic mass is 10.0. The second-order valence-electron chi connectivity index (χ2n) is 14.3. The van der Waals surface area contributed by atoms with Crippen LogP contribution < -0.4 is 4.90 Å². The quantitative estimate of drug-likeness (QED) is 0.0426. The van der Waals surface area contributed by atoms with Gasteiger partial charge < -0.3 is 9.47 Å². The predicted molar refractivity (Wildman–Crippen MR) is 192 cm³/mol. The van der Waals surface area contributed by atoms with Crippen molar-refractivity contribution < 1.29 is 24.0 Å². The molecule has 0 radical (unpaired) electrons. The summed E-state index contributed by atoms with van der Waals surface area (Å²) in [4.78, 5) is 25.9. The Morgan fingerprint density at radius 1 is 0.400 bits per heavy atom. The third kappa shape index (κ3) is 30.0. The fourth-order valence-electron chi connectivity index (χ4n) is 6.04. The number of hydrogen-bond acceptors (Lipinski definition) is 4. The topological polar surface area (TPSA) is 57.0 Å². The van der Waals surface area contributed by atoms with Crippen LogP contribution in [0, 0.1) is 0 Å². The molecule has 0 aliphatic carbocycles. The van der Waals surface area contributed by atoms with Gasteiger partial charge in [-0.15, -0.1) is 0 Å². The first-order chi connectivity index (χ1) is 21.9. The highest BCUT2D eigenvalue weighted by Crippen LogP contribution is 2.17. The van der Waals surface area contributed by atoms with Crippen LogP contribution in [0.4, 0.5) is 0 Å². The van der Waals surface area contributed by atoms with Crippen molar-refractivity contribution in [1.82, 2.24) is 0 Å². The van der Waals surface area contributed by atoms with Crippen molar-refractivity contribution in [3.63, 3.8) is 0 Å². The van der Waals surface area contributed by atoms with Crippen molar-refractivity contribution in [2.45, 2.75) is 232 Å². The van der Waals surface area contributed by atoms with E-state index >= 15 is 0 Å². The molecular weight excluding hydrogens is 558 g/mol. The first kappa shape index (κ1) is 43.9. The minimum Gasteiger partial charge on any atom is -0.374 e. The van der Waals surface area contributed by atoms with Gasteiger partial charge in [-0.2, -0.15) is 0 Å². The lowest BCUT2D eigenvalue weighted by molar-refractivity contribution is -0.966. The first-order valence-corrected chi connectivity index (χ1v) is 20.1. The van der Waals surface area contributed by atoms with E-state index in [4.69, 9.17) is 9.47 Å². The van der Waals surface area contributed by atoms with Crippen molar-refractivity contribution in [2.24, 2.45) is 0 Å². The van der Waals surface area contributed by atoms with Crippen LogP contribution in [0.2, 0.25) is 0 Å². The van der Waals surface area contributed by atoms with Gasteiger partial charge in [0.2, 0.25) is 0 Å². The van der Waals surface area contributed by atoms with Crippen LogP contribution in [0.3, 0.4) is 0 Å². The molecule has 5 heteroatoms. The lowest BCUT2D eigenvalue weighted by Gasteiger charge is -2.30. The maximum absolute atomic E-state index is 12.6. The Kier molecular flexibility index (Phi) is 32.0. The van der Waals surface area contributed by atoms with Gasteiger partial charge in [0.25, 0.3) is 0 Å². The van der Waals surface area contributed by atoms with Crippen molar-refractivity contribution in [1.29, 1.82) is 0 Å². The Morgan fingerprint density at radius 2 is 0.600 bits per heavy atom. The van der Waals surface area contributed by atoms with E-state index in [1.165, 1.54) is 167 Å². The predicted octanol–water partition coefficient (Wildman–Crippen LogP) is 11.4. The van der Waals surface area contributed by atoms with Crippen LogP contribution in [-0.4, -0.2) is 31.9 Å². The number of rotatable bonds is 35. The van der Waals surface area contributed by atoms with Gasteiger partial charge in [-0.25, -0.2) is 0 Å². The average molecular weight is 639 g/mol. The number of esters is 2. The molecule has 0 aromatic heterocycles. The molecule has 0 rings (SSSR count). The Bertz CT molecular complexity index is 602. The SMILES string of the molecule is CCCCCCCCCCCCCCCCCC(=O)OC(C)(OC(=O)CCCCCCCCCCCCCCCCC)[NH+](C)C. The molecule has 0 bridgehead atoms. The molecule has 0 atom stereocenters. The molecule has 5 nitrogen and oxygen atoms in total. The first-order valence-electron chi connectivity index (χ1n) is 20.1. The molecule has 0 aromatic rings. The van der Waals surface area contributed by atoms with Crippen LogP contribution in [-0.2, 0) is 19.1 Å². The molecule has 0 heterocycles. The Morgan fingerprint density at radius 3 is 0.800 bits per heavy atom. The third-order valence-electron chi connectivity index (χ3n) is 9.49. The Balaban J connectivity index is 3.76. The van der Waals surface area contributed by atoms with Gasteiger partial charge in [0.1, 0.15) is 0 Å². The van der Waals surface area contributed by atoms with Crippen LogP contribution in [0.15, 0.2) is 0 Å². The van der Waals surface area contributed by atoms with Crippen LogP contribution in [0.1, 0.15) is 226 Å². The number of carbonyl (C=O) groups is 2. The summed E-state index contributed by atoms with van der Waals surface area (Å²) in [6.45, 7) is 6.26. The van der Waals surface area contributed by atoms with E-state index in [-0.39, 0.29) is 11.9 Å². The monoisotopic (exact) mass is 639 g/mol. The fourth-order valence-corrected chi connectivity index (χ4v) is 6.04. The van der Waals surface area contributed by atoms with E-state index in [0.717, 1.165) is 30.6 Å². The number of hydrogen-bond donors (Lipinski definition) is 1.